The molecular weight excluding hydrogens is 273 g/mol. The van der Waals surface area contributed by atoms with Gasteiger partial charge in [0.2, 0.25) is 0 Å². The van der Waals surface area contributed by atoms with Crippen molar-refractivity contribution in [1.82, 2.24) is 9.88 Å². The Hall–Kier alpha value is -1.83. The van der Waals surface area contributed by atoms with E-state index in [1.807, 2.05) is 18.9 Å². The molecule has 0 unspecified atom stereocenters. The zero-order valence-corrected chi connectivity index (χ0v) is 11.3. The molecule has 0 fully saturated rings. The molecule has 0 saturated carbocycles. The third-order valence-corrected chi connectivity index (χ3v) is 2.78. The molecule has 1 aromatic rings. The lowest BCUT2D eigenvalue weighted by Crippen LogP contribution is -2.26. The number of pyridine rings is 1. The highest BCUT2D eigenvalue weighted by atomic mass is 19.4. The number of nitrogens with zero attached hydrogens (tertiary/aromatic N) is 2. The van der Waals surface area contributed by atoms with Crippen LogP contribution in [0.25, 0.3) is 0 Å². The predicted octanol–water partition coefficient (Wildman–Crippen LogP) is 1.56. The first-order valence-corrected chi connectivity index (χ1v) is 6.06. The number of anilines is 1. The van der Waals surface area contributed by atoms with Gasteiger partial charge in [-0.15, -0.1) is 0 Å². The van der Waals surface area contributed by atoms with Crippen molar-refractivity contribution in [2.45, 2.75) is 13.1 Å². The minimum absolute atomic E-state index is 0.0582. The number of nitrogens with two attached hydrogens (primary N) is 1. The molecule has 112 valence electrons. The number of carbonyl (C=O) groups excluding carboxylic acids is 1. The Morgan fingerprint density at radius 2 is 2.10 bits per heavy atom. The molecule has 1 aromatic heterocycles. The van der Waals surface area contributed by atoms with E-state index in [0.717, 1.165) is 18.7 Å². The number of amides is 1. The molecule has 0 spiro atoms. The molecule has 0 aromatic carbocycles. The quantitative estimate of drug-likeness (QED) is 0.834. The fourth-order valence-corrected chi connectivity index (χ4v) is 1.47. The van der Waals surface area contributed by atoms with Crippen molar-refractivity contribution in [3.05, 3.63) is 23.4 Å². The highest BCUT2D eigenvalue weighted by Crippen LogP contribution is 2.29. The minimum atomic E-state index is -4.56. The van der Waals surface area contributed by atoms with Crippen LogP contribution in [0.3, 0.4) is 0 Å². The maximum atomic E-state index is 12.6. The predicted molar refractivity (Wildman–Crippen MR) is 69.4 cm³/mol. The van der Waals surface area contributed by atoms with Crippen LogP contribution in [0.1, 0.15) is 23.0 Å². The highest BCUT2D eigenvalue weighted by molar-refractivity contribution is 5.97. The summed E-state index contributed by atoms with van der Waals surface area (Å²) in [7, 11) is 1.87. The van der Waals surface area contributed by atoms with Crippen molar-refractivity contribution in [2.24, 2.45) is 5.73 Å². The summed E-state index contributed by atoms with van der Waals surface area (Å²) in [4.78, 5) is 16.6. The van der Waals surface area contributed by atoms with Gasteiger partial charge in [-0.2, -0.15) is 13.2 Å². The standard InChI is InChI=1S/C12H17F3N4O/c1-3-19(2)7-6-17-11-8(10(16)20)4-5-9(18-11)12(13,14)15/h4-5H,3,6-7H2,1-2H3,(H2,16,20)(H,17,18). The molecule has 5 nitrogen and oxygen atoms in total. The number of hydrogen-bond acceptors (Lipinski definition) is 4. The van der Waals surface area contributed by atoms with Crippen LogP contribution in [0.15, 0.2) is 12.1 Å². The van der Waals surface area contributed by atoms with Crippen LogP contribution < -0.4 is 11.1 Å². The summed E-state index contributed by atoms with van der Waals surface area (Å²) in [6.07, 6.45) is -4.56. The summed E-state index contributed by atoms with van der Waals surface area (Å²) >= 11 is 0. The summed E-state index contributed by atoms with van der Waals surface area (Å²) in [6.45, 7) is 3.73. The third-order valence-electron chi connectivity index (χ3n) is 2.78. The molecule has 0 saturated heterocycles. The Morgan fingerprint density at radius 3 is 2.60 bits per heavy atom. The van der Waals surface area contributed by atoms with Crippen molar-refractivity contribution in [3.8, 4) is 0 Å². The third kappa shape index (κ3) is 4.37. The van der Waals surface area contributed by atoms with Gasteiger partial charge >= 0.3 is 6.18 Å². The van der Waals surface area contributed by atoms with Crippen molar-refractivity contribution in [3.63, 3.8) is 0 Å². The molecular formula is C12H17F3N4O. The lowest BCUT2D eigenvalue weighted by molar-refractivity contribution is -0.141. The highest BCUT2D eigenvalue weighted by Gasteiger charge is 2.33. The molecule has 8 heteroatoms. The normalized spacial score (nSPS) is 11.7. The van der Waals surface area contributed by atoms with Crippen LogP contribution in [-0.2, 0) is 6.18 Å². The van der Waals surface area contributed by atoms with Crippen LogP contribution in [0.5, 0.6) is 0 Å². The topological polar surface area (TPSA) is 71.2 Å². The molecule has 0 bridgehead atoms. The molecule has 3 N–H and O–H groups in total. The molecule has 1 amide bonds. The Morgan fingerprint density at radius 1 is 1.45 bits per heavy atom. The number of aromatic nitrogens is 1. The van der Waals surface area contributed by atoms with Crippen molar-refractivity contribution >= 4 is 11.7 Å². The van der Waals surface area contributed by atoms with Crippen LogP contribution in [0.4, 0.5) is 19.0 Å². The van der Waals surface area contributed by atoms with E-state index < -0.39 is 17.8 Å². The second-order valence-electron chi connectivity index (χ2n) is 4.28. The summed E-state index contributed by atoms with van der Waals surface area (Å²) in [5, 5.41) is 2.72. The molecule has 0 atom stereocenters. The first-order chi connectivity index (χ1) is 9.25. The summed E-state index contributed by atoms with van der Waals surface area (Å²) in [6, 6.07) is 1.77. The number of halogens is 3. The minimum Gasteiger partial charge on any atom is -0.368 e. The Labute approximate surface area is 115 Å². The van der Waals surface area contributed by atoms with E-state index >= 15 is 0 Å². The van der Waals surface area contributed by atoms with Gasteiger partial charge in [0.1, 0.15) is 11.5 Å². The van der Waals surface area contributed by atoms with Crippen molar-refractivity contribution in [1.29, 1.82) is 0 Å². The number of rotatable bonds is 6. The van der Waals surface area contributed by atoms with Crippen molar-refractivity contribution < 1.29 is 18.0 Å². The largest absolute Gasteiger partial charge is 0.433 e. The average molecular weight is 290 g/mol. The first kappa shape index (κ1) is 16.2. The van der Waals surface area contributed by atoms with Gasteiger partial charge in [0.25, 0.3) is 5.91 Å². The van der Waals surface area contributed by atoms with Crippen LogP contribution in [0.2, 0.25) is 0 Å². The number of hydrogen-bond donors (Lipinski definition) is 2. The van der Waals surface area contributed by atoms with Crippen LogP contribution >= 0.6 is 0 Å². The summed E-state index contributed by atoms with van der Waals surface area (Å²) < 4.78 is 37.8. The fraction of sp³-hybridized carbons (Fsp3) is 0.500. The smallest absolute Gasteiger partial charge is 0.368 e. The maximum Gasteiger partial charge on any atom is 0.433 e. The SMILES string of the molecule is CCN(C)CCNc1nc(C(F)(F)F)ccc1C(N)=O. The van der Waals surface area contributed by atoms with E-state index in [1.54, 1.807) is 0 Å². The van der Waals surface area contributed by atoms with Gasteiger partial charge in [0.05, 0.1) is 5.56 Å². The van der Waals surface area contributed by atoms with Crippen LogP contribution in [-0.4, -0.2) is 42.5 Å². The fourth-order valence-electron chi connectivity index (χ4n) is 1.47. The molecule has 20 heavy (non-hydrogen) atoms. The first-order valence-electron chi connectivity index (χ1n) is 6.06. The Balaban J connectivity index is 2.92. The zero-order valence-electron chi connectivity index (χ0n) is 11.3. The van der Waals surface area contributed by atoms with Gasteiger partial charge in [0, 0.05) is 13.1 Å². The number of alkyl halides is 3. The van der Waals surface area contributed by atoms with E-state index in [4.69, 9.17) is 5.73 Å². The summed E-state index contributed by atoms with van der Waals surface area (Å²) in [5.41, 5.74) is 4.00. The maximum absolute atomic E-state index is 12.6. The van der Waals surface area contributed by atoms with Gasteiger partial charge in [-0.1, -0.05) is 6.92 Å². The molecule has 0 aliphatic heterocycles. The number of primary amides is 1. The lowest BCUT2D eigenvalue weighted by atomic mass is 10.2. The zero-order chi connectivity index (χ0) is 15.3. The second kappa shape index (κ2) is 6.56. The second-order valence-corrected chi connectivity index (χ2v) is 4.28. The number of nitrogens with one attached hydrogen (secondary N) is 1. The molecule has 1 heterocycles. The van der Waals surface area contributed by atoms with E-state index in [9.17, 15) is 18.0 Å². The van der Waals surface area contributed by atoms with Gasteiger partial charge in [-0.05, 0) is 25.7 Å². The molecule has 0 radical (unpaired) electrons. The van der Waals surface area contributed by atoms with E-state index in [-0.39, 0.29) is 11.4 Å². The van der Waals surface area contributed by atoms with E-state index in [0.29, 0.717) is 13.1 Å². The van der Waals surface area contributed by atoms with E-state index in [1.165, 1.54) is 0 Å². The van der Waals surface area contributed by atoms with E-state index in [2.05, 4.69) is 10.3 Å². The Kier molecular flexibility index (Phi) is 5.32. The molecule has 0 aliphatic carbocycles. The number of carbonyl (C=O) groups is 1. The Bertz CT molecular complexity index is 476. The van der Waals surface area contributed by atoms with Gasteiger partial charge < -0.3 is 16.0 Å². The monoisotopic (exact) mass is 290 g/mol. The molecule has 1 rings (SSSR count). The van der Waals surface area contributed by atoms with Crippen molar-refractivity contribution in [2.75, 3.05) is 32.0 Å². The summed E-state index contributed by atoms with van der Waals surface area (Å²) in [5.74, 6) is -0.964. The lowest BCUT2D eigenvalue weighted by Gasteiger charge is -2.16. The number of likely N-dealkylation sites (N-methyl/N-ethyl adjacent to an activating group) is 1. The van der Waals surface area contributed by atoms with Gasteiger partial charge in [-0.3, -0.25) is 4.79 Å². The van der Waals surface area contributed by atoms with Crippen LogP contribution in [0, 0.1) is 0 Å². The van der Waals surface area contributed by atoms with Gasteiger partial charge in [0.15, 0.2) is 0 Å². The van der Waals surface area contributed by atoms with Gasteiger partial charge in [-0.25, -0.2) is 4.98 Å². The molecule has 0 aliphatic rings. The average Bonchev–Trinajstić information content (AvgIpc) is 2.37.